The lowest BCUT2D eigenvalue weighted by molar-refractivity contribution is -0.118. The molecule has 0 aromatic carbocycles. The van der Waals surface area contributed by atoms with Gasteiger partial charge in [-0.2, -0.15) is 5.10 Å². The van der Waals surface area contributed by atoms with Gasteiger partial charge >= 0.3 is 0 Å². The molecule has 0 N–H and O–H groups in total. The molecule has 0 saturated heterocycles. The summed E-state index contributed by atoms with van der Waals surface area (Å²) in [6.07, 6.45) is 4.11. The molecule has 4 heteroatoms. The van der Waals surface area contributed by atoms with E-state index in [2.05, 4.69) is 34.9 Å². The number of halogens is 1. The predicted octanol–water partition coefficient (Wildman–Crippen LogP) is 3.53. The van der Waals surface area contributed by atoms with Gasteiger partial charge in [0.2, 0.25) is 0 Å². The van der Waals surface area contributed by atoms with E-state index < -0.39 is 0 Å². The van der Waals surface area contributed by atoms with Crippen LogP contribution in [-0.4, -0.2) is 15.6 Å². The second kappa shape index (κ2) is 6.94. The number of rotatable bonds is 7. The predicted molar refractivity (Wildman–Crippen MR) is 73.2 cm³/mol. The molecule has 0 aliphatic carbocycles. The van der Waals surface area contributed by atoms with Gasteiger partial charge in [0, 0.05) is 19.4 Å². The summed E-state index contributed by atoms with van der Waals surface area (Å²) in [5, 5.41) is 4.55. The van der Waals surface area contributed by atoms with E-state index in [0.29, 0.717) is 18.6 Å². The summed E-state index contributed by atoms with van der Waals surface area (Å²) in [6.45, 7) is 7.01. The molecular formula is C13H21BrN2O. The van der Waals surface area contributed by atoms with Crippen LogP contribution in [0.3, 0.4) is 0 Å². The quantitative estimate of drug-likeness (QED) is 0.772. The fourth-order valence-electron chi connectivity index (χ4n) is 1.89. The molecule has 3 nitrogen and oxygen atoms in total. The largest absolute Gasteiger partial charge is 0.300 e. The Kier molecular flexibility index (Phi) is 5.89. The average Bonchev–Trinajstić information content (AvgIpc) is 2.65. The van der Waals surface area contributed by atoms with Crippen molar-refractivity contribution in [3.05, 3.63) is 15.9 Å². The zero-order valence-corrected chi connectivity index (χ0v) is 12.5. The lowest BCUT2D eigenvalue weighted by Crippen LogP contribution is -2.04. The van der Waals surface area contributed by atoms with Crippen molar-refractivity contribution < 1.29 is 4.79 Å². The van der Waals surface area contributed by atoms with Crippen molar-refractivity contribution in [1.29, 1.82) is 0 Å². The molecule has 17 heavy (non-hydrogen) atoms. The van der Waals surface area contributed by atoms with E-state index in [1.54, 1.807) is 0 Å². The average molecular weight is 301 g/mol. The second-order valence-corrected chi connectivity index (χ2v) is 4.92. The molecule has 0 radical (unpaired) electrons. The van der Waals surface area contributed by atoms with Gasteiger partial charge in [-0.05, 0) is 42.1 Å². The number of aromatic nitrogens is 2. The lowest BCUT2D eigenvalue weighted by atomic mass is 10.1. The molecule has 1 rings (SSSR count). The molecule has 0 saturated carbocycles. The summed E-state index contributed by atoms with van der Waals surface area (Å²) in [5.74, 6) is 0.347. The third-order valence-electron chi connectivity index (χ3n) is 2.96. The first kappa shape index (κ1) is 14.4. The number of ketones is 1. The number of aryl methyl sites for hydroxylation is 2. The fraction of sp³-hybridized carbons (Fsp3) is 0.692. The van der Waals surface area contributed by atoms with Crippen LogP contribution >= 0.6 is 15.9 Å². The number of nitrogens with zero attached hydrogens (tertiary/aromatic N) is 2. The molecule has 0 aliphatic rings. The van der Waals surface area contributed by atoms with E-state index in [1.807, 2.05) is 11.6 Å². The van der Waals surface area contributed by atoms with Crippen molar-refractivity contribution in [1.82, 2.24) is 9.78 Å². The molecule has 1 heterocycles. The van der Waals surface area contributed by atoms with E-state index in [-0.39, 0.29) is 0 Å². The molecule has 0 spiro atoms. The fourth-order valence-corrected chi connectivity index (χ4v) is 2.65. The van der Waals surface area contributed by atoms with Gasteiger partial charge in [-0.15, -0.1) is 0 Å². The van der Waals surface area contributed by atoms with Crippen LogP contribution in [0.5, 0.6) is 0 Å². The van der Waals surface area contributed by atoms with Crippen molar-refractivity contribution in [2.75, 3.05) is 0 Å². The Morgan fingerprint density at radius 3 is 2.59 bits per heavy atom. The zero-order valence-electron chi connectivity index (χ0n) is 10.9. The molecule has 96 valence electrons. The van der Waals surface area contributed by atoms with Gasteiger partial charge in [-0.3, -0.25) is 9.48 Å². The van der Waals surface area contributed by atoms with Crippen LogP contribution in [0.15, 0.2) is 4.47 Å². The highest BCUT2D eigenvalue weighted by Crippen LogP contribution is 2.23. The van der Waals surface area contributed by atoms with Crippen molar-refractivity contribution in [2.24, 2.45) is 0 Å². The van der Waals surface area contributed by atoms with Gasteiger partial charge < -0.3 is 0 Å². The van der Waals surface area contributed by atoms with Crippen molar-refractivity contribution in [2.45, 2.75) is 59.4 Å². The van der Waals surface area contributed by atoms with Crippen LogP contribution in [-0.2, 0) is 24.2 Å². The topological polar surface area (TPSA) is 34.9 Å². The van der Waals surface area contributed by atoms with Crippen molar-refractivity contribution in [3.63, 3.8) is 0 Å². The Hall–Kier alpha value is -0.640. The molecule has 0 aliphatic heterocycles. The van der Waals surface area contributed by atoms with Gasteiger partial charge in [0.15, 0.2) is 0 Å². The first-order valence-corrected chi connectivity index (χ1v) is 7.19. The zero-order chi connectivity index (χ0) is 12.8. The number of Topliss-reactive ketones (excluding diaryl/α,β-unsaturated/α-hetero) is 1. The Bertz CT molecular complexity index is 385. The van der Waals surface area contributed by atoms with Gasteiger partial charge in [0.05, 0.1) is 15.9 Å². The van der Waals surface area contributed by atoms with Crippen LogP contribution in [0, 0.1) is 0 Å². The number of hydrogen-bond donors (Lipinski definition) is 0. The summed E-state index contributed by atoms with van der Waals surface area (Å²) >= 11 is 3.62. The van der Waals surface area contributed by atoms with Crippen LogP contribution < -0.4 is 0 Å². The van der Waals surface area contributed by atoms with Gasteiger partial charge in [0.1, 0.15) is 5.78 Å². The number of carbonyl (C=O) groups is 1. The number of hydrogen-bond acceptors (Lipinski definition) is 2. The molecule has 0 fully saturated rings. The standard InChI is InChI=1S/C13H21BrN2O/c1-4-10(17)8-7-9-12-13(14)11(5-2)15-16(12)6-3/h4-9H2,1-3H3. The smallest absolute Gasteiger partial charge is 0.132 e. The SMILES string of the molecule is CCC(=O)CCCc1c(Br)c(CC)nn1CC. The summed E-state index contributed by atoms with van der Waals surface area (Å²) < 4.78 is 3.17. The highest BCUT2D eigenvalue weighted by molar-refractivity contribution is 9.10. The first-order chi connectivity index (χ1) is 8.13. The van der Waals surface area contributed by atoms with Gasteiger partial charge in [-0.1, -0.05) is 13.8 Å². The first-order valence-electron chi connectivity index (χ1n) is 6.39. The molecule has 1 aromatic heterocycles. The summed E-state index contributed by atoms with van der Waals surface area (Å²) in [6, 6.07) is 0. The third-order valence-corrected chi connectivity index (χ3v) is 3.87. The summed E-state index contributed by atoms with van der Waals surface area (Å²) in [4.78, 5) is 11.3. The highest BCUT2D eigenvalue weighted by atomic mass is 79.9. The maximum Gasteiger partial charge on any atom is 0.132 e. The molecule has 0 unspecified atom stereocenters. The minimum atomic E-state index is 0.347. The molecule has 0 atom stereocenters. The Morgan fingerprint density at radius 2 is 2.06 bits per heavy atom. The minimum absolute atomic E-state index is 0.347. The van der Waals surface area contributed by atoms with Crippen molar-refractivity contribution in [3.8, 4) is 0 Å². The van der Waals surface area contributed by atoms with Crippen LogP contribution in [0.2, 0.25) is 0 Å². The van der Waals surface area contributed by atoms with Crippen LogP contribution in [0.25, 0.3) is 0 Å². The number of carbonyl (C=O) groups excluding carboxylic acids is 1. The Morgan fingerprint density at radius 1 is 1.35 bits per heavy atom. The maximum atomic E-state index is 11.3. The molecule has 1 aromatic rings. The third kappa shape index (κ3) is 3.66. The molecular weight excluding hydrogens is 280 g/mol. The second-order valence-electron chi connectivity index (χ2n) is 4.12. The highest BCUT2D eigenvalue weighted by Gasteiger charge is 2.13. The van der Waals surface area contributed by atoms with E-state index in [1.165, 1.54) is 5.69 Å². The van der Waals surface area contributed by atoms with Gasteiger partial charge in [-0.25, -0.2) is 0 Å². The lowest BCUT2D eigenvalue weighted by Gasteiger charge is -2.04. The van der Waals surface area contributed by atoms with E-state index >= 15 is 0 Å². The van der Waals surface area contributed by atoms with E-state index in [9.17, 15) is 4.79 Å². The Labute approximate surface area is 112 Å². The molecule has 0 amide bonds. The van der Waals surface area contributed by atoms with Crippen LogP contribution in [0.4, 0.5) is 0 Å². The van der Waals surface area contributed by atoms with Crippen LogP contribution in [0.1, 0.15) is 51.4 Å². The summed E-state index contributed by atoms with van der Waals surface area (Å²) in [7, 11) is 0. The normalized spacial score (nSPS) is 10.8. The Balaban J connectivity index is 2.69. The minimum Gasteiger partial charge on any atom is -0.300 e. The maximum absolute atomic E-state index is 11.3. The van der Waals surface area contributed by atoms with Crippen molar-refractivity contribution >= 4 is 21.7 Å². The summed E-state index contributed by atoms with van der Waals surface area (Å²) in [5.41, 5.74) is 2.34. The van der Waals surface area contributed by atoms with E-state index in [0.717, 1.165) is 36.0 Å². The monoisotopic (exact) mass is 300 g/mol. The van der Waals surface area contributed by atoms with E-state index in [4.69, 9.17) is 0 Å². The van der Waals surface area contributed by atoms with Gasteiger partial charge in [0.25, 0.3) is 0 Å². The molecule has 0 bridgehead atoms.